The van der Waals surface area contributed by atoms with Crippen molar-refractivity contribution in [1.29, 1.82) is 0 Å². The van der Waals surface area contributed by atoms with E-state index in [9.17, 15) is 4.79 Å². The second-order valence-electron chi connectivity index (χ2n) is 4.88. The van der Waals surface area contributed by atoms with Gasteiger partial charge in [0, 0.05) is 17.8 Å². The molecule has 100 valence electrons. The first-order chi connectivity index (χ1) is 9.34. The molecule has 1 amide bonds. The summed E-state index contributed by atoms with van der Waals surface area (Å²) in [6, 6.07) is 6.63. The van der Waals surface area contributed by atoms with Crippen LogP contribution in [0.15, 0.2) is 34.3 Å². The molecule has 2 aromatic rings. The predicted molar refractivity (Wildman–Crippen MR) is 80.6 cm³/mol. The molecular weight excluding hydrogens is 274 g/mol. The number of nitrogens with zero attached hydrogens (tertiary/aromatic N) is 1. The molecule has 0 radical (unpaired) electrons. The largest absolute Gasteiger partial charge is 0.336 e. The van der Waals surface area contributed by atoms with Crippen molar-refractivity contribution in [2.75, 3.05) is 6.54 Å². The number of hydrogen-bond acceptors (Lipinski definition) is 3. The van der Waals surface area contributed by atoms with Crippen molar-refractivity contribution in [3.05, 3.63) is 44.8 Å². The van der Waals surface area contributed by atoms with Gasteiger partial charge in [0.15, 0.2) is 0 Å². The Balaban J connectivity index is 1.62. The summed E-state index contributed by atoms with van der Waals surface area (Å²) in [5, 5.41) is 6.35. The maximum atomic E-state index is 12.4. The van der Waals surface area contributed by atoms with E-state index in [2.05, 4.69) is 39.2 Å². The number of aryl methyl sites for hydroxylation is 1. The third-order valence-electron chi connectivity index (χ3n) is 3.67. The Morgan fingerprint density at radius 1 is 1.37 bits per heavy atom. The Kier molecular flexibility index (Phi) is 3.99. The van der Waals surface area contributed by atoms with Crippen molar-refractivity contribution >= 4 is 28.6 Å². The molecule has 4 heteroatoms. The fourth-order valence-electron chi connectivity index (χ4n) is 2.70. The van der Waals surface area contributed by atoms with E-state index >= 15 is 0 Å². The summed E-state index contributed by atoms with van der Waals surface area (Å²) in [4.78, 5) is 15.8. The smallest absolute Gasteiger partial charge is 0.223 e. The van der Waals surface area contributed by atoms with Crippen molar-refractivity contribution in [2.45, 2.75) is 31.7 Å². The summed E-state index contributed by atoms with van der Waals surface area (Å²) in [5.74, 6) is 0.308. The van der Waals surface area contributed by atoms with Crippen molar-refractivity contribution in [2.24, 2.45) is 0 Å². The fraction of sp³-hybridized carbons (Fsp3) is 0.400. The number of rotatable bonds is 4. The second kappa shape index (κ2) is 5.88. The predicted octanol–water partition coefficient (Wildman–Crippen LogP) is 4.11. The summed E-state index contributed by atoms with van der Waals surface area (Å²) < 4.78 is 0. The second-order valence-corrected chi connectivity index (χ2v) is 6.69. The van der Waals surface area contributed by atoms with E-state index in [0.717, 1.165) is 25.8 Å². The van der Waals surface area contributed by atoms with Crippen LogP contribution in [0.5, 0.6) is 0 Å². The van der Waals surface area contributed by atoms with Crippen molar-refractivity contribution in [3.63, 3.8) is 0 Å². The Bertz CT molecular complexity index is 518. The molecule has 2 aromatic heterocycles. The van der Waals surface area contributed by atoms with Crippen molar-refractivity contribution in [3.8, 4) is 0 Å². The molecule has 1 fully saturated rings. The first kappa shape index (κ1) is 12.9. The van der Waals surface area contributed by atoms with Gasteiger partial charge in [-0.25, -0.2) is 0 Å². The Hall–Kier alpha value is -1.13. The number of hydrogen-bond donors (Lipinski definition) is 0. The molecule has 2 nitrogen and oxygen atoms in total. The molecule has 1 aliphatic heterocycles. The zero-order valence-electron chi connectivity index (χ0n) is 10.7. The van der Waals surface area contributed by atoms with Gasteiger partial charge in [-0.2, -0.15) is 11.3 Å². The highest BCUT2D eigenvalue weighted by atomic mass is 32.1. The lowest BCUT2D eigenvalue weighted by Crippen LogP contribution is -2.30. The van der Waals surface area contributed by atoms with Crippen LogP contribution in [0.3, 0.4) is 0 Å². The van der Waals surface area contributed by atoms with Crippen LogP contribution in [0.2, 0.25) is 0 Å². The molecule has 0 aromatic carbocycles. The summed E-state index contributed by atoms with van der Waals surface area (Å²) in [6.07, 6.45) is 3.76. The monoisotopic (exact) mass is 291 g/mol. The van der Waals surface area contributed by atoms with Gasteiger partial charge in [-0.05, 0) is 53.1 Å². The van der Waals surface area contributed by atoms with E-state index < -0.39 is 0 Å². The molecule has 19 heavy (non-hydrogen) atoms. The molecule has 1 saturated heterocycles. The number of likely N-dealkylation sites (tertiary alicyclic amines) is 1. The van der Waals surface area contributed by atoms with Crippen LogP contribution in [-0.2, 0) is 11.2 Å². The lowest BCUT2D eigenvalue weighted by atomic mass is 10.1. The van der Waals surface area contributed by atoms with E-state index in [1.165, 1.54) is 10.4 Å². The molecule has 3 heterocycles. The molecule has 0 aliphatic carbocycles. The normalized spacial score (nSPS) is 18.9. The third kappa shape index (κ3) is 2.90. The highest BCUT2D eigenvalue weighted by Gasteiger charge is 2.29. The van der Waals surface area contributed by atoms with Gasteiger partial charge in [-0.1, -0.05) is 6.07 Å². The Morgan fingerprint density at radius 2 is 2.32 bits per heavy atom. The Labute approximate surface area is 121 Å². The average Bonchev–Trinajstić information content (AvgIpc) is 3.14. The van der Waals surface area contributed by atoms with Crippen LogP contribution in [0.4, 0.5) is 0 Å². The average molecular weight is 291 g/mol. The molecule has 0 unspecified atom stereocenters. The van der Waals surface area contributed by atoms with Crippen molar-refractivity contribution in [1.82, 2.24) is 4.90 Å². The first-order valence-electron chi connectivity index (χ1n) is 6.68. The lowest BCUT2D eigenvalue weighted by molar-refractivity contribution is -0.132. The maximum absolute atomic E-state index is 12.4. The number of carbonyl (C=O) groups excluding carboxylic acids is 1. The van der Waals surface area contributed by atoms with E-state index in [4.69, 9.17) is 0 Å². The highest BCUT2D eigenvalue weighted by Crippen LogP contribution is 2.33. The van der Waals surface area contributed by atoms with E-state index in [1.807, 2.05) is 0 Å². The zero-order chi connectivity index (χ0) is 13.1. The number of thiophene rings is 2. The molecule has 0 saturated carbocycles. The molecule has 0 spiro atoms. The van der Waals surface area contributed by atoms with Gasteiger partial charge in [0.25, 0.3) is 0 Å². The van der Waals surface area contributed by atoms with Crippen LogP contribution < -0.4 is 0 Å². The van der Waals surface area contributed by atoms with Crippen LogP contribution in [0, 0.1) is 0 Å². The van der Waals surface area contributed by atoms with Crippen LogP contribution in [-0.4, -0.2) is 17.4 Å². The molecule has 1 atom stereocenters. The topological polar surface area (TPSA) is 20.3 Å². The fourth-order valence-corrected chi connectivity index (χ4v) is 4.12. The summed E-state index contributed by atoms with van der Waals surface area (Å²) in [5.41, 5.74) is 1.31. The molecule has 3 rings (SSSR count). The lowest BCUT2D eigenvalue weighted by Gasteiger charge is -2.24. The Morgan fingerprint density at radius 3 is 3.05 bits per heavy atom. The summed E-state index contributed by atoms with van der Waals surface area (Å²) >= 11 is 3.45. The number of amides is 1. The van der Waals surface area contributed by atoms with Gasteiger partial charge < -0.3 is 4.90 Å². The van der Waals surface area contributed by atoms with E-state index in [0.29, 0.717) is 18.4 Å². The van der Waals surface area contributed by atoms with Crippen LogP contribution >= 0.6 is 22.7 Å². The standard InChI is InChI=1S/C15H17NOS2/c17-15(6-5-13-3-2-9-19-13)16-8-1-4-14(16)12-7-10-18-11-12/h2-3,7,9-11,14H,1,4-6,8H2/t14-/m1/s1. The van der Waals surface area contributed by atoms with E-state index in [-0.39, 0.29) is 0 Å². The maximum Gasteiger partial charge on any atom is 0.223 e. The molecule has 0 bridgehead atoms. The minimum absolute atomic E-state index is 0.308. The minimum Gasteiger partial charge on any atom is -0.336 e. The SMILES string of the molecule is O=C(CCc1cccs1)N1CCC[C@@H]1c1ccsc1. The quantitative estimate of drug-likeness (QED) is 0.830. The van der Waals surface area contributed by atoms with E-state index in [1.54, 1.807) is 22.7 Å². The van der Waals surface area contributed by atoms with Crippen molar-refractivity contribution < 1.29 is 4.79 Å². The summed E-state index contributed by atoms with van der Waals surface area (Å²) in [6.45, 7) is 0.920. The molecule has 1 aliphatic rings. The molecular formula is C15H17NOS2. The van der Waals surface area contributed by atoms with Gasteiger partial charge in [0.05, 0.1) is 6.04 Å². The summed E-state index contributed by atoms with van der Waals surface area (Å²) in [7, 11) is 0. The van der Waals surface area contributed by atoms with Crippen LogP contribution in [0.1, 0.15) is 35.7 Å². The number of carbonyl (C=O) groups is 1. The molecule has 0 N–H and O–H groups in total. The van der Waals surface area contributed by atoms with Gasteiger partial charge in [-0.3, -0.25) is 4.79 Å². The highest BCUT2D eigenvalue weighted by molar-refractivity contribution is 7.09. The first-order valence-corrected chi connectivity index (χ1v) is 8.51. The van der Waals surface area contributed by atoms with Gasteiger partial charge in [0.1, 0.15) is 0 Å². The third-order valence-corrected chi connectivity index (χ3v) is 5.30. The van der Waals surface area contributed by atoms with Gasteiger partial charge in [0.2, 0.25) is 5.91 Å². The zero-order valence-corrected chi connectivity index (χ0v) is 12.4. The minimum atomic E-state index is 0.308. The van der Waals surface area contributed by atoms with Gasteiger partial charge in [-0.15, -0.1) is 11.3 Å². The van der Waals surface area contributed by atoms with Crippen LogP contribution in [0.25, 0.3) is 0 Å². The van der Waals surface area contributed by atoms with Gasteiger partial charge >= 0.3 is 0 Å².